The van der Waals surface area contributed by atoms with Gasteiger partial charge in [-0.3, -0.25) is 9.79 Å². The lowest BCUT2D eigenvalue weighted by atomic mass is 10.0. The number of aliphatic hydroxyl groups excluding tert-OH is 1. The van der Waals surface area contributed by atoms with E-state index in [1.165, 1.54) is 12.5 Å². The zero-order chi connectivity index (χ0) is 19.2. The fraction of sp³-hybridized carbons (Fsp3) is 0.600. The second kappa shape index (κ2) is 15.7. The first-order valence-electron chi connectivity index (χ1n) is 9.58. The van der Waals surface area contributed by atoms with Gasteiger partial charge < -0.3 is 21.1 Å². The van der Waals surface area contributed by atoms with Gasteiger partial charge in [-0.15, -0.1) is 24.0 Å². The third kappa shape index (κ3) is 11.9. The molecule has 0 heterocycles. The van der Waals surface area contributed by atoms with Gasteiger partial charge in [0.1, 0.15) is 0 Å². The number of carbonyl (C=O) groups is 1. The zero-order valence-corrected chi connectivity index (χ0v) is 19.1. The lowest BCUT2D eigenvalue weighted by Crippen LogP contribution is -2.38. The lowest BCUT2D eigenvalue weighted by Gasteiger charge is -2.15. The van der Waals surface area contributed by atoms with Crippen molar-refractivity contribution in [1.29, 1.82) is 0 Å². The van der Waals surface area contributed by atoms with E-state index in [0.29, 0.717) is 5.92 Å². The molecule has 0 aliphatic heterocycles. The monoisotopic (exact) mass is 490 g/mol. The van der Waals surface area contributed by atoms with Crippen LogP contribution in [0.1, 0.15) is 45.6 Å². The predicted molar refractivity (Wildman–Crippen MR) is 124 cm³/mol. The van der Waals surface area contributed by atoms with E-state index < -0.39 is 0 Å². The van der Waals surface area contributed by atoms with Gasteiger partial charge in [0, 0.05) is 38.9 Å². The minimum absolute atomic E-state index is 0. The minimum atomic E-state index is -0.0616. The molecule has 6 nitrogen and oxygen atoms in total. The number of nitrogens with zero attached hydrogens (tertiary/aromatic N) is 1. The molecule has 1 unspecified atom stereocenters. The molecule has 27 heavy (non-hydrogen) atoms. The number of amides is 1. The van der Waals surface area contributed by atoms with Crippen LogP contribution in [0.2, 0.25) is 0 Å². The Bertz CT molecular complexity index is 543. The summed E-state index contributed by atoms with van der Waals surface area (Å²) >= 11 is 0. The van der Waals surface area contributed by atoms with Crippen LogP contribution >= 0.6 is 24.0 Å². The fourth-order valence-electron chi connectivity index (χ4n) is 2.76. The molecular formula is C20H35IN4O2. The Balaban J connectivity index is 0.00000676. The average molecular weight is 490 g/mol. The van der Waals surface area contributed by atoms with Crippen molar-refractivity contribution in [2.75, 3.05) is 31.6 Å². The summed E-state index contributed by atoms with van der Waals surface area (Å²) in [5, 5.41) is 18.6. The summed E-state index contributed by atoms with van der Waals surface area (Å²) in [5.74, 6) is 1.19. The van der Waals surface area contributed by atoms with E-state index in [9.17, 15) is 4.79 Å². The molecule has 0 saturated heterocycles. The van der Waals surface area contributed by atoms with Crippen molar-refractivity contribution in [2.24, 2.45) is 10.9 Å². The van der Waals surface area contributed by atoms with Gasteiger partial charge in [-0.2, -0.15) is 0 Å². The van der Waals surface area contributed by atoms with Crippen molar-refractivity contribution in [2.45, 2.75) is 46.5 Å². The standard InChI is InChI=1S/C20H34N4O2.HI/c1-4-6-18(12-14-25)15-23-20(21-5-2)22-13-11-17-7-9-19(10-8-17)24-16(3)26;/h7-10,18,25H,4-6,11-15H2,1-3H3,(H,24,26)(H2,21,22,23);1H. The highest BCUT2D eigenvalue weighted by molar-refractivity contribution is 14.0. The van der Waals surface area contributed by atoms with Gasteiger partial charge in [0.05, 0.1) is 0 Å². The number of nitrogens with one attached hydrogen (secondary N) is 3. The lowest BCUT2D eigenvalue weighted by molar-refractivity contribution is -0.114. The quantitative estimate of drug-likeness (QED) is 0.218. The van der Waals surface area contributed by atoms with Gasteiger partial charge in [0.2, 0.25) is 5.91 Å². The summed E-state index contributed by atoms with van der Waals surface area (Å²) < 4.78 is 0. The number of aliphatic imine (C=N–C) groups is 1. The summed E-state index contributed by atoms with van der Waals surface area (Å²) in [6, 6.07) is 7.88. The maximum atomic E-state index is 11.0. The van der Waals surface area contributed by atoms with E-state index in [1.807, 2.05) is 24.3 Å². The van der Waals surface area contributed by atoms with Crippen molar-refractivity contribution >= 4 is 41.5 Å². The van der Waals surface area contributed by atoms with Gasteiger partial charge >= 0.3 is 0 Å². The molecule has 1 atom stereocenters. The molecule has 0 aliphatic carbocycles. The maximum Gasteiger partial charge on any atom is 0.221 e. The molecule has 4 N–H and O–H groups in total. The van der Waals surface area contributed by atoms with Gasteiger partial charge in [-0.25, -0.2) is 0 Å². The number of hydrogen-bond acceptors (Lipinski definition) is 3. The second-order valence-electron chi connectivity index (χ2n) is 6.44. The predicted octanol–water partition coefficient (Wildman–Crippen LogP) is 3.16. The second-order valence-corrected chi connectivity index (χ2v) is 6.44. The molecule has 7 heteroatoms. The molecule has 0 bridgehead atoms. The number of guanidine groups is 1. The smallest absolute Gasteiger partial charge is 0.221 e. The first-order valence-corrected chi connectivity index (χ1v) is 9.58. The van der Waals surface area contributed by atoms with Crippen LogP contribution in [-0.4, -0.2) is 43.2 Å². The van der Waals surface area contributed by atoms with E-state index in [2.05, 4.69) is 34.8 Å². The molecule has 0 saturated carbocycles. The van der Waals surface area contributed by atoms with Gasteiger partial charge in [0.25, 0.3) is 0 Å². The van der Waals surface area contributed by atoms with E-state index in [0.717, 1.165) is 57.0 Å². The van der Waals surface area contributed by atoms with Crippen LogP contribution in [0.4, 0.5) is 5.69 Å². The SMILES string of the molecule is CCCC(CCO)CN=C(NCC)NCCc1ccc(NC(C)=O)cc1.I. The largest absolute Gasteiger partial charge is 0.396 e. The van der Waals surface area contributed by atoms with Gasteiger partial charge in [-0.05, 0) is 49.8 Å². The molecule has 1 aromatic carbocycles. The maximum absolute atomic E-state index is 11.0. The Kier molecular flexibility index (Phi) is 14.9. The number of aliphatic hydroxyl groups is 1. The molecular weight excluding hydrogens is 455 g/mol. The van der Waals surface area contributed by atoms with Crippen molar-refractivity contribution in [3.05, 3.63) is 29.8 Å². The third-order valence-corrected chi connectivity index (χ3v) is 4.07. The summed E-state index contributed by atoms with van der Waals surface area (Å²) in [5.41, 5.74) is 2.02. The molecule has 1 amide bonds. The van der Waals surface area contributed by atoms with E-state index in [-0.39, 0.29) is 36.5 Å². The van der Waals surface area contributed by atoms with Crippen LogP contribution in [0.3, 0.4) is 0 Å². The van der Waals surface area contributed by atoms with E-state index in [4.69, 9.17) is 5.11 Å². The highest BCUT2D eigenvalue weighted by Crippen LogP contribution is 2.11. The number of rotatable bonds is 11. The van der Waals surface area contributed by atoms with Crippen molar-refractivity contribution in [1.82, 2.24) is 10.6 Å². The fourth-order valence-corrected chi connectivity index (χ4v) is 2.76. The molecule has 0 aliphatic rings. The Hall–Kier alpha value is -1.35. The molecule has 0 radical (unpaired) electrons. The Morgan fingerprint density at radius 2 is 1.85 bits per heavy atom. The molecule has 1 aromatic rings. The third-order valence-electron chi connectivity index (χ3n) is 4.07. The summed E-state index contributed by atoms with van der Waals surface area (Å²) in [4.78, 5) is 15.7. The highest BCUT2D eigenvalue weighted by Gasteiger charge is 2.07. The van der Waals surface area contributed by atoms with Crippen LogP contribution in [0.25, 0.3) is 0 Å². The minimum Gasteiger partial charge on any atom is -0.396 e. The molecule has 0 spiro atoms. The van der Waals surface area contributed by atoms with Crippen LogP contribution in [0.5, 0.6) is 0 Å². The van der Waals surface area contributed by atoms with Crippen molar-refractivity contribution < 1.29 is 9.90 Å². The summed E-state index contributed by atoms with van der Waals surface area (Å²) in [6.45, 7) is 8.27. The first kappa shape index (κ1) is 25.6. The Morgan fingerprint density at radius 3 is 2.41 bits per heavy atom. The Morgan fingerprint density at radius 1 is 1.15 bits per heavy atom. The molecule has 0 aromatic heterocycles. The number of carbonyl (C=O) groups excluding carboxylic acids is 1. The highest BCUT2D eigenvalue weighted by atomic mass is 127. The van der Waals surface area contributed by atoms with Crippen molar-refractivity contribution in [3.63, 3.8) is 0 Å². The Labute approximate surface area is 180 Å². The van der Waals surface area contributed by atoms with Crippen LogP contribution in [-0.2, 0) is 11.2 Å². The molecule has 154 valence electrons. The van der Waals surface area contributed by atoms with Gasteiger partial charge in [-0.1, -0.05) is 25.5 Å². The van der Waals surface area contributed by atoms with Crippen LogP contribution in [0.15, 0.2) is 29.3 Å². The summed E-state index contributed by atoms with van der Waals surface area (Å²) in [7, 11) is 0. The number of anilines is 1. The summed E-state index contributed by atoms with van der Waals surface area (Å²) in [6.07, 6.45) is 3.87. The zero-order valence-electron chi connectivity index (χ0n) is 16.8. The molecule has 0 fully saturated rings. The van der Waals surface area contributed by atoms with E-state index >= 15 is 0 Å². The number of hydrogen-bond donors (Lipinski definition) is 4. The van der Waals surface area contributed by atoms with Crippen LogP contribution < -0.4 is 16.0 Å². The van der Waals surface area contributed by atoms with Gasteiger partial charge in [0.15, 0.2) is 5.96 Å². The van der Waals surface area contributed by atoms with Crippen LogP contribution in [0, 0.1) is 5.92 Å². The normalized spacial score (nSPS) is 12.1. The first-order chi connectivity index (χ1) is 12.6. The topological polar surface area (TPSA) is 85.8 Å². The number of benzene rings is 1. The van der Waals surface area contributed by atoms with E-state index in [1.54, 1.807) is 0 Å². The average Bonchev–Trinajstić information content (AvgIpc) is 2.61. The molecule has 1 rings (SSSR count). The van der Waals surface area contributed by atoms with Crippen molar-refractivity contribution in [3.8, 4) is 0 Å². The number of halogens is 1.